The normalized spacial score (nSPS) is 15.0. The number of aliphatic imine (C=N–C) groups is 1. The lowest BCUT2D eigenvalue weighted by Gasteiger charge is -2.34. The average Bonchev–Trinajstić information content (AvgIpc) is 3.29. The molecule has 1 aliphatic rings. The van der Waals surface area contributed by atoms with Crippen LogP contribution in [0.15, 0.2) is 41.8 Å². The summed E-state index contributed by atoms with van der Waals surface area (Å²) in [5, 5.41) is 10.9. The minimum atomic E-state index is 0. The zero-order valence-corrected chi connectivity index (χ0v) is 20.5. The fraction of sp³-hybridized carbons (Fsp3) is 0.571. The predicted octanol–water partition coefficient (Wildman–Crippen LogP) is 2.18. The van der Waals surface area contributed by atoms with Crippen LogP contribution in [0.1, 0.15) is 25.8 Å². The van der Waals surface area contributed by atoms with Crippen molar-refractivity contribution in [2.45, 2.75) is 33.4 Å². The number of nitrogens with zero attached hydrogens (tertiary/aromatic N) is 6. The van der Waals surface area contributed by atoms with Crippen LogP contribution in [0.2, 0.25) is 0 Å². The summed E-state index contributed by atoms with van der Waals surface area (Å²) >= 11 is 0. The second-order valence-electron chi connectivity index (χ2n) is 7.19. The van der Waals surface area contributed by atoms with Gasteiger partial charge in [-0.3, -0.25) is 4.68 Å². The van der Waals surface area contributed by atoms with E-state index in [0.29, 0.717) is 6.54 Å². The Morgan fingerprint density at radius 3 is 2.60 bits per heavy atom. The van der Waals surface area contributed by atoms with Gasteiger partial charge < -0.3 is 20.4 Å². The first-order valence-electron chi connectivity index (χ1n) is 10.7. The molecule has 9 heteroatoms. The van der Waals surface area contributed by atoms with E-state index in [-0.39, 0.29) is 24.0 Å². The van der Waals surface area contributed by atoms with E-state index in [2.05, 4.69) is 56.5 Å². The van der Waals surface area contributed by atoms with Gasteiger partial charge >= 0.3 is 0 Å². The van der Waals surface area contributed by atoms with E-state index in [0.717, 1.165) is 76.1 Å². The summed E-state index contributed by atoms with van der Waals surface area (Å²) < 4.78 is 1.95. The molecule has 30 heavy (non-hydrogen) atoms. The highest BCUT2D eigenvalue weighted by Gasteiger charge is 2.16. The summed E-state index contributed by atoms with van der Waals surface area (Å²) in [6.45, 7) is 13.0. The number of guanidine groups is 1. The summed E-state index contributed by atoms with van der Waals surface area (Å²) in [4.78, 5) is 14.2. The number of anilines is 1. The van der Waals surface area contributed by atoms with Gasteiger partial charge in [0.15, 0.2) is 5.96 Å². The summed E-state index contributed by atoms with van der Waals surface area (Å²) in [5.74, 6) is 1.91. The van der Waals surface area contributed by atoms with Crippen LogP contribution in [0.4, 0.5) is 5.82 Å². The molecule has 0 spiro atoms. The SMILES string of the molecule is CCNC(=NCc1ccc(N2CCN(CC)CC2)nc1)NCCCn1cccn1.I. The van der Waals surface area contributed by atoms with E-state index >= 15 is 0 Å². The zero-order valence-electron chi connectivity index (χ0n) is 18.1. The largest absolute Gasteiger partial charge is 0.357 e. The van der Waals surface area contributed by atoms with Crippen LogP contribution in [0, 0.1) is 0 Å². The van der Waals surface area contributed by atoms with Gasteiger partial charge in [0.2, 0.25) is 0 Å². The standard InChI is InChI=1S/C21H34N8.HI/c1-3-22-21(23-9-5-11-29-12-6-10-26-29)25-18-19-7-8-20(24-17-19)28-15-13-27(4-2)14-16-28;/h6-8,10,12,17H,3-5,9,11,13-16,18H2,1-2H3,(H2,22,23,25);1H. The minimum absolute atomic E-state index is 0. The molecule has 1 fully saturated rings. The lowest BCUT2D eigenvalue weighted by Crippen LogP contribution is -2.46. The third-order valence-corrected chi connectivity index (χ3v) is 5.13. The molecule has 1 saturated heterocycles. The van der Waals surface area contributed by atoms with E-state index in [4.69, 9.17) is 4.99 Å². The number of likely N-dealkylation sites (N-methyl/N-ethyl adjacent to an activating group) is 1. The van der Waals surface area contributed by atoms with Crippen LogP contribution in [0.5, 0.6) is 0 Å². The first-order valence-corrected chi connectivity index (χ1v) is 10.7. The quantitative estimate of drug-likeness (QED) is 0.226. The number of halogens is 1. The number of piperazine rings is 1. The van der Waals surface area contributed by atoms with Crippen molar-refractivity contribution < 1.29 is 0 Å². The van der Waals surface area contributed by atoms with Crippen LogP contribution < -0.4 is 15.5 Å². The van der Waals surface area contributed by atoms with Crippen molar-refractivity contribution in [2.75, 3.05) is 50.7 Å². The Balaban J connectivity index is 0.00000320. The molecule has 0 aromatic carbocycles. The van der Waals surface area contributed by atoms with Crippen molar-refractivity contribution in [3.05, 3.63) is 42.4 Å². The predicted molar refractivity (Wildman–Crippen MR) is 134 cm³/mol. The van der Waals surface area contributed by atoms with E-state index in [9.17, 15) is 0 Å². The van der Waals surface area contributed by atoms with Crippen molar-refractivity contribution in [1.82, 2.24) is 30.3 Å². The van der Waals surface area contributed by atoms with E-state index < -0.39 is 0 Å². The van der Waals surface area contributed by atoms with Crippen molar-refractivity contribution in [2.24, 2.45) is 4.99 Å². The maximum absolute atomic E-state index is 4.69. The van der Waals surface area contributed by atoms with E-state index in [1.165, 1.54) is 0 Å². The van der Waals surface area contributed by atoms with Gasteiger partial charge in [-0.25, -0.2) is 9.98 Å². The number of pyridine rings is 1. The molecule has 3 rings (SSSR count). The highest BCUT2D eigenvalue weighted by molar-refractivity contribution is 14.0. The molecule has 2 aromatic heterocycles. The lowest BCUT2D eigenvalue weighted by atomic mass is 10.2. The number of aromatic nitrogens is 3. The third-order valence-electron chi connectivity index (χ3n) is 5.13. The molecule has 1 aliphatic heterocycles. The Morgan fingerprint density at radius 1 is 1.13 bits per heavy atom. The monoisotopic (exact) mass is 526 g/mol. The van der Waals surface area contributed by atoms with Crippen molar-refractivity contribution in [1.29, 1.82) is 0 Å². The fourth-order valence-electron chi connectivity index (χ4n) is 3.38. The molecule has 0 atom stereocenters. The maximum atomic E-state index is 4.69. The van der Waals surface area contributed by atoms with Gasteiger partial charge in [0.05, 0.1) is 6.54 Å². The van der Waals surface area contributed by atoms with Gasteiger partial charge in [-0.1, -0.05) is 13.0 Å². The van der Waals surface area contributed by atoms with Gasteiger partial charge in [0, 0.05) is 64.4 Å². The number of nitrogens with one attached hydrogen (secondary N) is 2. The Morgan fingerprint density at radius 2 is 1.97 bits per heavy atom. The highest BCUT2D eigenvalue weighted by Crippen LogP contribution is 2.14. The Kier molecular flexibility index (Phi) is 10.9. The molecule has 0 saturated carbocycles. The summed E-state index contributed by atoms with van der Waals surface area (Å²) in [5.41, 5.74) is 1.12. The minimum Gasteiger partial charge on any atom is -0.357 e. The van der Waals surface area contributed by atoms with Gasteiger partial charge in [-0.2, -0.15) is 5.10 Å². The molecular formula is C21H35IN8. The van der Waals surface area contributed by atoms with Gasteiger partial charge in [0.25, 0.3) is 0 Å². The van der Waals surface area contributed by atoms with Gasteiger partial charge in [-0.15, -0.1) is 24.0 Å². The van der Waals surface area contributed by atoms with E-state index in [1.807, 2.05) is 29.3 Å². The summed E-state index contributed by atoms with van der Waals surface area (Å²) in [6.07, 6.45) is 6.74. The molecule has 0 bridgehead atoms. The first kappa shape index (κ1) is 24.4. The molecule has 0 amide bonds. The maximum Gasteiger partial charge on any atom is 0.191 e. The molecule has 2 aromatic rings. The first-order chi connectivity index (χ1) is 14.3. The number of hydrogen-bond acceptors (Lipinski definition) is 5. The van der Waals surface area contributed by atoms with Crippen molar-refractivity contribution in [3.8, 4) is 0 Å². The molecule has 3 heterocycles. The number of rotatable bonds is 9. The summed E-state index contributed by atoms with van der Waals surface area (Å²) in [7, 11) is 0. The molecule has 8 nitrogen and oxygen atoms in total. The molecule has 166 valence electrons. The number of hydrogen-bond donors (Lipinski definition) is 2. The highest BCUT2D eigenvalue weighted by atomic mass is 127. The van der Waals surface area contributed by atoms with Crippen molar-refractivity contribution >= 4 is 35.8 Å². The molecule has 2 N–H and O–H groups in total. The molecular weight excluding hydrogens is 491 g/mol. The lowest BCUT2D eigenvalue weighted by molar-refractivity contribution is 0.270. The third kappa shape index (κ3) is 7.75. The van der Waals surface area contributed by atoms with Crippen molar-refractivity contribution in [3.63, 3.8) is 0 Å². The smallest absolute Gasteiger partial charge is 0.191 e. The van der Waals surface area contributed by atoms with Crippen LogP contribution in [0.25, 0.3) is 0 Å². The average molecular weight is 526 g/mol. The van der Waals surface area contributed by atoms with Crippen LogP contribution in [-0.2, 0) is 13.1 Å². The van der Waals surface area contributed by atoms with Crippen LogP contribution in [-0.4, -0.2) is 71.4 Å². The van der Waals surface area contributed by atoms with Gasteiger partial charge in [-0.05, 0) is 37.6 Å². The second kappa shape index (κ2) is 13.4. The molecule has 0 aliphatic carbocycles. The van der Waals surface area contributed by atoms with Crippen LogP contribution in [0.3, 0.4) is 0 Å². The summed E-state index contributed by atoms with van der Waals surface area (Å²) in [6, 6.07) is 6.21. The Labute approximate surface area is 197 Å². The second-order valence-corrected chi connectivity index (χ2v) is 7.19. The number of aryl methyl sites for hydroxylation is 1. The molecule has 0 radical (unpaired) electrons. The Bertz CT molecular complexity index is 724. The zero-order chi connectivity index (χ0) is 20.3. The molecule has 0 unspecified atom stereocenters. The van der Waals surface area contributed by atoms with Gasteiger partial charge in [0.1, 0.15) is 5.82 Å². The Hall–Kier alpha value is -1.88. The fourth-order valence-corrected chi connectivity index (χ4v) is 3.38. The topological polar surface area (TPSA) is 73.6 Å². The van der Waals surface area contributed by atoms with Crippen LogP contribution >= 0.6 is 24.0 Å². The van der Waals surface area contributed by atoms with E-state index in [1.54, 1.807) is 0 Å².